The SMILES string of the molecule is CC(C)(CN)C(=O)NCc1sccc1Br. The van der Waals surface area contributed by atoms with E-state index < -0.39 is 5.41 Å². The molecule has 1 heterocycles. The fraction of sp³-hybridized carbons (Fsp3) is 0.500. The lowest BCUT2D eigenvalue weighted by Gasteiger charge is -2.20. The smallest absolute Gasteiger partial charge is 0.227 e. The summed E-state index contributed by atoms with van der Waals surface area (Å²) in [5.74, 6) is -0.00898. The van der Waals surface area contributed by atoms with Gasteiger partial charge >= 0.3 is 0 Å². The topological polar surface area (TPSA) is 55.1 Å². The second kappa shape index (κ2) is 5.09. The van der Waals surface area contributed by atoms with Crippen LogP contribution in [0.5, 0.6) is 0 Å². The Morgan fingerprint density at radius 3 is 2.80 bits per heavy atom. The van der Waals surface area contributed by atoms with Gasteiger partial charge in [-0.05, 0) is 41.2 Å². The summed E-state index contributed by atoms with van der Waals surface area (Å²) in [4.78, 5) is 12.8. The molecule has 3 N–H and O–H groups in total. The number of rotatable bonds is 4. The number of halogens is 1. The van der Waals surface area contributed by atoms with Crippen LogP contribution >= 0.6 is 27.3 Å². The highest BCUT2D eigenvalue weighted by Gasteiger charge is 2.25. The van der Waals surface area contributed by atoms with Gasteiger partial charge in [0.05, 0.1) is 12.0 Å². The zero-order chi connectivity index (χ0) is 11.5. The van der Waals surface area contributed by atoms with Crippen LogP contribution < -0.4 is 11.1 Å². The summed E-state index contributed by atoms with van der Waals surface area (Å²) < 4.78 is 1.04. The number of hydrogen-bond acceptors (Lipinski definition) is 3. The van der Waals surface area contributed by atoms with Crippen LogP contribution in [-0.4, -0.2) is 12.5 Å². The maximum absolute atomic E-state index is 11.7. The zero-order valence-electron chi connectivity index (χ0n) is 8.84. The molecule has 3 nitrogen and oxygen atoms in total. The molecule has 1 rings (SSSR count). The van der Waals surface area contributed by atoms with Crippen LogP contribution in [0.25, 0.3) is 0 Å². The van der Waals surface area contributed by atoms with E-state index in [1.54, 1.807) is 11.3 Å². The van der Waals surface area contributed by atoms with Crippen LogP contribution in [0.1, 0.15) is 18.7 Å². The first-order chi connectivity index (χ1) is 6.97. The molecule has 0 atom stereocenters. The van der Waals surface area contributed by atoms with Crippen LogP contribution in [0.3, 0.4) is 0 Å². The van der Waals surface area contributed by atoms with E-state index >= 15 is 0 Å². The first kappa shape index (κ1) is 12.7. The molecule has 0 aliphatic rings. The second-order valence-corrected chi connectivity index (χ2v) is 5.82. The third-order valence-corrected chi connectivity index (χ3v) is 4.15. The van der Waals surface area contributed by atoms with Gasteiger partial charge in [0, 0.05) is 15.9 Å². The molecule has 0 fully saturated rings. The quantitative estimate of drug-likeness (QED) is 0.892. The first-order valence-electron chi connectivity index (χ1n) is 4.67. The summed E-state index contributed by atoms with van der Waals surface area (Å²) in [6.07, 6.45) is 0. The minimum absolute atomic E-state index is 0.00898. The van der Waals surface area contributed by atoms with Crippen LogP contribution in [0.4, 0.5) is 0 Å². The highest BCUT2D eigenvalue weighted by Crippen LogP contribution is 2.22. The average molecular weight is 291 g/mol. The van der Waals surface area contributed by atoms with Crippen molar-refractivity contribution in [2.24, 2.45) is 11.1 Å². The highest BCUT2D eigenvalue weighted by molar-refractivity contribution is 9.10. The normalized spacial score (nSPS) is 11.5. The molecule has 5 heteroatoms. The number of hydrogen-bond donors (Lipinski definition) is 2. The van der Waals surface area contributed by atoms with E-state index in [-0.39, 0.29) is 5.91 Å². The van der Waals surface area contributed by atoms with Crippen molar-refractivity contribution < 1.29 is 4.79 Å². The van der Waals surface area contributed by atoms with Crippen molar-refractivity contribution in [2.45, 2.75) is 20.4 Å². The van der Waals surface area contributed by atoms with Gasteiger partial charge < -0.3 is 11.1 Å². The molecule has 1 amide bonds. The number of nitrogens with two attached hydrogens (primary N) is 1. The van der Waals surface area contributed by atoms with Crippen LogP contribution in [0, 0.1) is 5.41 Å². The molecule has 0 aromatic carbocycles. The molecule has 0 spiro atoms. The second-order valence-electron chi connectivity index (χ2n) is 3.96. The molecule has 0 saturated carbocycles. The van der Waals surface area contributed by atoms with E-state index in [2.05, 4.69) is 21.2 Å². The summed E-state index contributed by atoms with van der Waals surface area (Å²) >= 11 is 5.04. The van der Waals surface area contributed by atoms with Gasteiger partial charge in [-0.15, -0.1) is 11.3 Å². The maximum atomic E-state index is 11.7. The third-order valence-electron chi connectivity index (χ3n) is 2.23. The van der Waals surface area contributed by atoms with Crippen molar-refractivity contribution in [1.29, 1.82) is 0 Å². The third kappa shape index (κ3) is 3.29. The number of nitrogens with one attached hydrogen (secondary N) is 1. The molecule has 0 unspecified atom stereocenters. The van der Waals surface area contributed by atoms with Crippen molar-refractivity contribution in [3.63, 3.8) is 0 Å². The van der Waals surface area contributed by atoms with Gasteiger partial charge in [0.1, 0.15) is 0 Å². The Labute approximate surface area is 102 Å². The van der Waals surface area contributed by atoms with Gasteiger partial charge in [-0.1, -0.05) is 0 Å². The number of carbonyl (C=O) groups excluding carboxylic acids is 1. The van der Waals surface area contributed by atoms with Crippen molar-refractivity contribution in [3.05, 3.63) is 20.8 Å². The van der Waals surface area contributed by atoms with Crippen LogP contribution in [0.15, 0.2) is 15.9 Å². The van der Waals surface area contributed by atoms with Gasteiger partial charge in [-0.3, -0.25) is 4.79 Å². The monoisotopic (exact) mass is 290 g/mol. The summed E-state index contributed by atoms with van der Waals surface area (Å²) in [7, 11) is 0. The Kier molecular flexibility index (Phi) is 4.31. The lowest BCUT2D eigenvalue weighted by atomic mass is 9.93. The molecule has 0 bridgehead atoms. The predicted molar refractivity (Wildman–Crippen MR) is 66.7 cm³/mol. The largest absolute Gasteiger partial charge is 0.351 e. The molecule has 0 aliphatic heterocycles. The fourth-order valence-corrected chi connectivity index (χ4v) is 2.38. The summed E-state index contributed by atoms with van der Waals surface area (Å²) in [6, 6.07) is 1.97. The Morgan fingerprint density at radius 1 is 1.67 bits per heavy atom. The minimum Gasteiger partial charge on any atom is -0.351 e. The summed E-state index contributed by atoms with van der Waals surface area (Å²) in [6.45, 7) is 4.59. The molecule has 1 aromatic heterocycles. The van der Waals surface area contributed by atoms with Gasteiger partial charge in [-0.25, -0.2) is 0 Å². The highest BCUT2D eigenvalue weighted by atomic mass is 79.9. The average Bonchev–Trinajstić information content (AvgIpc) is 2.60. The van der Waals surface area contributed by atoms with E-state index in [0.717, 1.165) is 9.35 Å². The number of thiophene rings is 1. The molecule has 0 saturated heterocycles. The van der Waals surface area contributed by atoms with Crippen molar-refractivity contribution in [3.8, 4) is 0 Å². The van der Waals surface area contributed by atoms with Gasteiger partial charge in [0.15, 0.2) is 0 Å². The van der Waals surface area contributed by atoms with Gasteiger partial charge in [0.2, 0.25) is 5.91 Å². The van der Waals surface area contributed by atoms with E-state index in [1.165, 1.54) is 0 Å². The predicted octanol–water partition coefficient (Wildman–Crippen LogP) is 2.11. The van der Waals surface area contributed by atoms with Crippen molar-refractivity contribution in [1.82, 2.24) is 5.32 Å². The van der Waals surface area contributed by atoms with E-state index in [0.29, 0.717) is 13.1 Å². The lowest BCUT2D eigenvalue weighted by molar-refractivity contribution is -0.129. The maximum Gasteiger partial charge on any atom is 0.227 e. The van der Waals surface area contributed by atoms with Gasteiger partial charge in [0.25, 0.3) is 0 Å². The minimum atomic E-state index is -0.496. The first-order valence-corrected chi connectivity index (χ1v) is 6.35. The summed E-state index contributed by atoms with van der Waals surface area (Å²) in [5, 5.41) is 4.86. The van der Waals surface area contributed by atoms with E-state index in [4.69, 9.17) is 5.73 Å². The molecular weight excluding hydrogens is 276 g/mol. The molecule has 0 radical (unpaired) electrons. The van der Waals surface area contributed by atoms with Crippen molar-refractivity contribution in [2.75, 3.05) is 6.54 Å². The van der Waals surface area contributed by atoms with Crippen molar-refractivity contribution >= 4 is 33.2 Å². The fourth-order valence-electron chi connectivity index (χ4n) is 0.944. The molecular formula is C10H15BrN2OS. The molecule has 0 aliphatic carbocycles. The Morgan fingerprint density at radius 2 is 2.33 bits per heavy atom. The molecule has 84 valence electrons. The zero-order valence-corrected chi connectivity index (χ0v) is 11.2. The van der Waals surface area contributed by atoms with E-state index in [1.807, 2.05) is 25.3 Å². The van der Waals surface area contributed by atoms with Crippen LogP contribution in [-0.2, 0) is 11.3 Å². The summed E-state index contributed by atoms with van der Waals surface area (Å²) in [5.41, 5.74) is 5.02. The standard InChI is InChI=1S/C10H15BrN2OS/c1-10(2,6-12)9(14)13-5-8-7(11)3-4-15-8/h3-4H,5-6,12H2,1-2H3,(H,13,14). The molecule has 15 heavy (non-hydrogen) atoms. The molecule has 1 aromatic rings. The van der Waals surface area contributed by atoms with E-state index in [9.17, 15) is 4.79 Å². The van der Waals surface area contributed by atoms with Crippen LogP contribution in [0.2, 0.25) is 0 Å². The Balaban J connectivity index is 2.52. The number of amides is 1. The number of carbonyl (C=O) groups is 1. The Bertz CT molecular complexity index is 349. The Hall–Kier alpha value is -0.390. The lowest BCUT2D eigenvalue weighted by Crippen LogP contribution is -2.41. The van der Waals surface area contributed by atoms with Gasteiger partial charge in [-0.2, -0.15) is 0 Å².